The van der Waals surface area contributed by atoms with Crippen LogP contribution in [-0.2, 0) is 4.79 Å². The summed E-state index contributed by atoms with van der Waals surface area (Å²) in [6.07, 6.45) is 7.00. The summed E-state index contributed by atoms with van der Waals surface area (Å²) >= 11 is 0. The second kappa shape index (κ2) is 6.84. The summed E-state index contributed by atoms with van der Waals surface area (Å²) in [4.78, 5) is 17.1. The van der Waals surface area contributed by atoms with E-state index in [4.69, 9.17) is 5.73 Å². The number of amides is 1. The van der Waals surface area contributed by atoms with Crippen molar-refractivity contribution >= 4 is 18.3 Å². The van der Waals surface area contributed by atoms with Crippen molar-refractivity contribution in [3.8, 4) is 0 Å². The average Bonchev–Trinajstić information content (AvgIpc) is 2.87. The standard InChI is InChI=1S/C16H29N3O.ClH/c1-18(2)14-6-7-19(10-14)16(20)13-8-11-4-3-5-12(9-13)15(11)17;/h11-15H,3-10,17H2,1-2H3;1H. The number of fused-ring (bicyclic) bond motifs is 2. The molecule has 3 unspecified atom stereocenters. The van der Waals surface area contributed by atoms with E-state index in [1.165, 1.54) is 19.3 Å². The van der Waals surface area contributed by atoms with Gasteiger partial charge in [-0.3, -0.25) is 4.79 Å². The summed E-state index contributed by atoms with van der Waals surface area (Å²) in [6, 6.07) is 0.908. The molecule has 4 nitrogen and oxygen atoms in total. The highest BCUT2D eigenvalue weighted by atomic mass is 35.5. The molecule has 1 aliphatic heterocycles. The Morgan fingerprint density at radius 2 is 1.76 bits per heavy atom. The molecule has 21 heavy (non-hydrogen) atoms. The predicted molar refractivity (Wildman–Crippen MR) is 87.5 cm³/mol. The van der Waals surface area contributed by atoms with Gasteiger partial charge in [0.2, 0.25) is 5.91 Å². The van der Waals surface area contributed by atoms with Crippen LogP contribution >= 0.6 is 12.4 Å². The Labute approximate surface area is 134 Å². The monoisotopic (exact) mass is 315 g/mol. The van der Waals surface area contributed by atoms with E-state index in [9.17, 15) is 4.79 Å². The SMILES string of the molecule is CN(C)C1CCN(C(=O)C2CC3CCCC(C2)C3N)C1.Cl. The van der Waals surface area contributed by atoms with E-state index in [2.05, 4.69) is 23.9 Å². The van der Waals surface area contributed by atoms with Crippen LogP contribution in [0.4, 0.5) is 0 Å². The first-order valence-electron chi connectivity index (χ1n) is 8.27. The number of likely N-dealkylation sites (tertiary alicyclic amines) is 1. The average molecular weight is 316 g/mol. The predicted octanol–water partition coefficient (Wildman–Crippen LogP) is 1.72. The molecule has 1 saturated heterocycles. The van der Waals surface area contributed by atoms with E-state index in [1.54, 1.807) is 0 Å². The first-order valence-corrected chi connectivity index (χ1v) is 8.27. The van der Waals surface area contributed by atoms with Crippen LogP contribution in [0.25, 0.3) is 0 Å². The first kappa shape index (κ1) is 17.0. The van der Waals surface area contributed by atoms with Crippen LogP contribution in [0, 0.1) is 17.8 Å². The fourth-order valence-corrected chi connectivity index (χ4v) is 4.61. The van der Waals surface area contributed by atoms with Gasteiger partial charge in [-0.1, -0.05) is 6.42 Å². The van der Waals surface area contributed by atoms with Crippen molar-refractivity contribution in [1.82, 2.24) is 9.80 Å². The molecule has 1 amide bonds. The van der Waals surface area contributed by atoms with Crippen molar-refractivity contribution in [3.63, 3.8) is 0 Å². The van der Waals surface area contributed by atoms with Crippen LogP contribution in [0.2, 0.25) is 0 Å². The van der Waals surface area contributed by atoms with Gasteiger partial charge < -0.3 is 15.5 Å². The molecule has 3 aliphatic rings. The molecular weight excluding hydrogens is 286 g/mol. The Balaban J connectivity index is 0.00000161. The zero-order chi connectivity index (χ0) is 14.3. The lowest BCUT2D eigenvalue weighted by Gasteiger charge is -2.44. The van der Waals surface area contributed by atoms with E-state index in [-0.39, 0.29) is 18.3 Å². The molecule has 3 rings (SSSR count). The summed E-state index contributed by atoms with van der Waals surface area (Å²) in [7, 11) is 4.23. The third-order valence-corrected chi connectivity index (χ3v) is 5.97. The number of carbonyl (C=O) groups is 1. The summed E-state index contributed by atoms with van der Waals surface area (Å²) in [6.45, 7) is 1.86. The number of nitrogens with two attached hydrogens (primary N) is 1. The van der Waals surface area contributed by atoms with E-state index < -0.39 is 0 Å². The Morgan fingerprint density at radius 3 is 2.29 bits per heavy atom. The second-order valence-corrected chi connectivity index (χ2v) is 7.39. The first-order chi connectivity index (χ1) is 9.56. The number of hydrogen-bond acceptors (Lipinski definition) is 3. The fourth-order valence-electron chi connectivity index (χ4n) is 4.61. The maximum absolute atomic E-state index is 12.8. The number of rotatable bonds is 2. The Kier molecular flexibility index (Phi) is 5.55. The van der Waals surface area contributed by atoms with Gasteiger partial charge in [0.25, 0.3) is 0 Å². The van der Waals surface area contributed by atoms with Crippen molar-refractivity contribution in [2.24, 2.45) is 23.5 Å². The molecule has 0 aromatic heterocycles. The van der Waals surface area contributed by atoms with Gasteiger partial charge in [-0.25, -0.2) is 0 Å². The van der Waals surface area contributed by atoms with Gasteiger partial charge >= 0.3 is 0 Å². The molecule has 1 heterocycles. The van der Waals surface area contributed by atoms with Gasteiger partial charge in [-0.2, -0.15) is 0 Å². The summed E-state index contributed by atoms with van der Waals surface area (Å²) in [5.41, 5.74) is 6.33. The highest BCUT2D eigenvalue weighted by molar-refractivity contribution is 5.85. The minimum absolute atomic E-state index is 0. The topological polar surface area (TPSA) is 49.6 Å². The van der Waals surface area contributed by atoms with Crippen LogP contribution in [0.3, 0.4) is 0 Å². The molecule has 0 spiro atoms. The van der Waals surface area contributed by atoms with Crippen molar-refractivity contribution in [3.05, 3.63) is 0 Å². The van der Waals surface area contributed by atoms with Gasteiger partial charge in [0.1, 0.15) is 0 Å². The molecule has 2 N–H and O–H groups in total. The molecule has 0 aromatic carbocycles. The molecule has 122 valence electrons. The number of nitrogens with zero attached hydrogens (tertiary/aromatic N) is 2. The Morgan fingerprint density at radius 1 is 1.14 bits per heavy atom. The molecule has 2 bridgehead atoms. The van der Waals surface area contributed by atoms with Crippen LogP contribution in [0.15, 0.2) is 0 Å². The zero-order valence-corrected chi connectivity index (χ0v) is 14.1. The van der Waals surface area contributed by atoms with Crippen LogP contribution < -0.4 is 5.73 Å². The molecule has 2 saturated carbocycles. The highest BCUT2D eigenvalue weighted by Crippen LogP contribution is 2.42. The van der Waals surface area contributed by atoms with E-state index in [0.717, 1.165) is 32.4 Å². The molecule has 3 atom stereocenters. The number of likely N-dealkylation sites (N-methyl/N-ethyl adjacent to an activating group) is 1. The van der Waals surface area contributed by atoms with Crippen LogP contribution in [0.5, 0.6) is 0 Å². The fraction of sp³-hybridized carbons (Fsp3) is 0.938. The molecule has 0 aromatic rings. The molecule has 3 fully saturated rings. The van der Waals surface area contributed by atoms with Crippen LogP contribution in [0.1, 0.15) is 38.5 Å². The van der Waals surface area contributed by atoms with Gasteiger partial charge in [-0.15, -0.1) is 12.4 Å². The number of carbonyl (C=O) groups excluding carboxylic acids is 1. The molecule has 5 heteroatoms. The quantitative estimate of drug-likeness (QED) is 0.844. The van der Waals surface area contributed by atoms with E-state index >= 15 is 0 Å². The van der Waals surface area contributed by atoms with Crippen molar-refractivity contribution < 1.29 is 4.79 Å². The minimum atomic E-state index is 0. The Hall–Kier alpha value is -0.320. The van der Waals surface area contributed by atoms with Gasteiger partial charge in [0, 0.05) is 31.1 Å². The lowest BCUT2D eigenvalue weighted by atomic mass is 9.65. The number of hydrogen-bond donors (Lipinski definition) is 1. The third kappa shape index (κ3) is 3.38. The maximum Gasteiger partial charge on any atom is 0.225 e. The summed E-state index contributed by atoms with van der Waals surface area (Å²) in [5, 5.41) is 0. The second-order valence-electron chi connectivity index (χ2n) is 7.39. The smallest absolute Gasteiger partial charge is 0.225 e. The van der Waals surface area contributed by atoms with Gasteiger partial charge in [-0.05, 0) is 58.0 Å². The van der Waals surface area contributed by atoms with Crippen LogP contribution in [-0.4, -0.2) is 55.0 Å². The van der Waals surface area contributed by atoms with Crippen molar-refractivity contribution in [2.75, 3.05) is 27.2 Å². The normalized spacial score (nSPS) is 39.2. The highest BCUT2D eigenvalue weighted by Gasteiger charge is 2.42. The minimum Gasteiger partial charge on any atom is -0.341 e. The summed E-state index contributed by atoms with van der Waals surface area (Å²) < 4.78 is 0. The largest absolute Gasteiger partial charge is 0.341 e. The lowest BCUT2D eigenvalue weighted by molar-refractivity contribution is -0.137. The van der Waals surface area contributed by atoms with Crippen molar-refractivity contribution in [1.29, 1.82) is 0 Å². The zero-order valence-electron chi connectivity index (χ0n) is 13.3. The number of halogens is 1. The van der Waals surface area contributed by atoms with Gasteiger partial charge in [0.15, 0.2) is 0 Å². The van der Waals surface area contributed by atoms with Crippen molar-refractivity contribution in [2.45, 2.75) is 50.6 Å². The lowest BCUT2D eigenvalue weighted by Crippen LogP contribution is -2.49. The van der Waals surface area contributed by atoms with E-state index in [0.29, 0.717) is 29.8 Å². The Bertz CT molecular complexity index is 363. The molecule has 0 radical (unpaired) electrons. The maximum atomic E-state index is 12.8. The van der Waals surface area contributed by atoms with Gasteiger partial charge in [0.05, 0.1) is 0 Å². The van der Waals surface area contributed by atoms with E-state index in [1.807, 2.05) is 0 Å². The summed E-state index contributed by atoms with van der Waals surface area (Å²) in [5.74, 6) is 1.87. The molecule has 2 aliphatic carbocycles. The third-order valence-electron chi connectivity index (χ3n) is 5.97. The molecular formula is C16H30ClN3O.